The number of likely N-dealkylation sites (tertiary alicyclic amines) is 1. The molecule has 0 spiro atoms. The minimum atomic E-state index is -0.863. The van der Waals surface area contributed by atoms with Crippen molar-refractivity contribution >= 4 is 35.1 Å². The van der Waals surface area contributed by atoms with Gasteiger partial charge in [-0.05, 0) is 25.0 Å². The predicted molar refractivity (Wildman–Crippen MR) is 78.9 cm³/mol. The largest absolute Gasteiger partial charge is 0.484 e. The first-order valence-electron chi connectivity index (χ1n) is 6.56. The summed E-state index contributed by atoms with van der Waals surface area (Å²) >= 11 is 11.7. The Hall–Kier alpha value is -1.46. The second-order valence-corrected chi connectivity index (χ2v) is 5.70. The highest BCUT2D eigenvalue weighted by molar-refractivity contribution is 6.42. The summed E-state index contributed by atoms with van der Waals surface area (Å²) < 4.78 is 5.37. The van der Waals surface area contributed by atoms with Crippen LogP contribution >= 0.6 is 23.2 Å². The van der Waals surface area contributed by atoms with Crippen molar-refractivity contribution in [3.63, 3.8) is 0 Å². The van der Waals surface area contributed by atoms with E-state index in [0.29, 0.717) is 35.2 Å². The molecule has 21 heavy (non-hydrogen) atoms. The molecule has 0 unspecified atom stereocenters. The summed E-state index contributed by atoms with van der Waals surface area (Å²) in [6, 6.07) is 4.75. The molecule has 1 aromatic carbocycles. The highest BCUT2D eigenvalue weighted by atomic mass is 35.5. The van der Waals surface area contributed by atoms with Gasteiger partial charge in [0.1, 0.15) is 5.75 Å². The fourth-order valence-electron chi connectivity index (χ4n) is 2.21. The third kappa shape index (κ3) is 4.25. The number of hydrogen-bond donors (Lipinski definition) is 1. The van der Waals surface area contributed by atoms with Gasteiger partial charge < -0.3 is 14.7 Å². The highest BCUT2D eigenvalue weighted by Crippen LogP contribution is 2.26. The Kier molecular flexibility index (Phi) is 5.31. The van der Waals surface area contributed by atoms with E-state index >= 15 is 0 Å². The Morgan fingerprint density at radius 2 is 2.10 bits per heavy atom. The number of carboxylic acids is 1. The SMILES string of the molecule is O=C(O)[C@@H]1CCCN(C(=O)COc2ccc(Cl)c(Cl)c2)C1. The third-order valence-corrected chi connectivity index (χ3v) is 4.12. The first kappa shape index (κ1) is 15.9. The van der Waals surface area contributed by atoms with Crippen LogP contribution in [0.25, 0.3) is 0 Å². The number of hydrogen-bond acceptors (Lipinski definition) is 3. The average molecular weight is 332 g/mol. The van der Waals surface area contributed by atoms with Gasteiger partial charge in [0.25, 0.3) is 5.91 Å². The van der Waals surface area contributed by atoms with Gasteiger partial charge in [-0.25, -0.2) is 0 Å². The van der Waals surface area contributed by atoms with E-state index in [2.05, 4.69) is 0 Å². The number of ether oxygens (including phenoxy) is 1. The lowest BCUT2D eigenvalue weighted by atomic mass is 9.98. The average Bonchev–Trinajstić information content (AvgIpc) is 2.48. The molecule has 0 aliphatic carbocycles. The van der Waals surface area contributed by atoms with Crippen LogP contribution in [-0.2, 0) is 9.59 Å². The fourth-order valence-corrected chi connectivity index (χ4v) is 2.50. The number of benzene rings is 1. The van der Waals surface area contributed by atoms with Gasteiger partial charge in [-0.2, -0.15) is 0 Å². The van der Waals surface area contributed by atoms with Crippen molar-refractivity contribution in [2.75, 3.05) is 19.7 Å². The van der Waals surface area contributed by atoms with Crippen molar-refractivity contribution in [2.24, 2.45) is 5.92 Å². The molecule has 1 aliphatic heterocycles. The van der Waals surface area contributed by atoms with E-state index in [1.54, 1.807) is 12.1 Å². The first-order valence-corrected chi connectivity index (χ1v) is 7.31. The predicted octanol–water partition coefficient (Wildman–Crippen LogP) is 2.70. The maximum atomic E-state index is 12.0. The van der Waals surface area contributed by atoms with Gasteiger partial charge in [-0.15, -0.1) is 0 Å². The zero-order valence-electron chi connectivity index (χ0n) is 11.2. The second-order valence-electron chi connectivity index (χ2n) is 4.88. The van der Waals surface area contributed by atoms with Crippen LogP contribution in [0.4, 0.5) is 0 Å². The second kappa shape index (κ2) is 7.00. The van der Waals surface area contributed by atoms with E-state index < -0.39 is 11.9 Å². The Labute approximate surface area is 132 Å². The van der Waals surface area contributed by atoms with Crippen molar-refractivity contribution < 1.29 is 19.4 Å². The van der Waals surface area contributed by atoms with Crippen LogP contribution in [-0.4, -0.2) is 41.6 Å². The molecule has 1 N–H and O–H groups in total. The molecule has 114 valence electrons. The first-order chi connectivity index (χ1) is 9.97. The van der Waals surface area contributed by atoms with E-state index in [-0.39, 0.29) is 19.1 Å². The molecule has 1 atom stereocenters. The zero-order chi connectivity index (χ0) is 15.4. The van der Waals surface area contributed by atoms with Crippen molar-refractivity contribution in [1.82, 2.24) is 4.90 Å². The maximum Gasteiger partial charge on any atom is 0.308 e. The van der Waals surface area contributed by atoms with Crippen LogP contribution < -0.4 is 4.74 Å². The molecule has 1 saturated heterocycles. The van der Waals surface area contributed by atoms with E-state index in [9.17, 15) is 9.59 Å². The molecule has 0 bridgehead atoms. The Balaban J connectivity index is 1.89. The summed E-state index contributed by atoms with van der Waals surface area (Å²) in [6.07, 6.45) is 1.29. The quantitative estimate of drug-likeness (QED) is 0.921. The Bertz CT molecular complexity index is 550. The minimum Gasteiger partial charge on any atom is -0.484 e. The minimum absolute atomic E-state index is 0.149. The van der Waals surface area contributed by atoms with E-state index in [0.717, 1.165) is 0 Å². The molecular formula is C14H15Cl2NO4. The van der Waals surface area contributed by atoms with Gasteiger partial charge in [-0.1, -0.05) is 23.2 Å². The Morgan fingerprint density at radius 1 is 1.33 bits per heavy atom. The molecule has 1 amide bonds. The third-order valence-electron chi connectivity index (χ3n) is 3.38. The summed E-state index contributed by atoms with van der Waals surface area (Å²) in [7, 11) is 0. The van der Waals surface area contributed by atoms with E-state index in [4.69, 9.17) is 33.0 Å². The number of carboxylic acid groups (broad SMARTS) is 1. The number of aliphatic carboxylic acids is 1. The molecule has 0 saturated carbocycles. The lowest BCUT2D eigenvalue weighted by Crippen LogP contribution is -2.44. The number of rotatable bonds is 4. The van der Waals surface area contributed by atoms with Gasteiger partial charge in [0.2, 0.25) is 0 Å². The van der Waals surface area contributed by atoms with Gasteiger partial charge in [0.05, 0.1) is 16.0 Å². The lowest BCUT2D eigenvalue weighted by Gasteiger charge is -2.30. The van der Waals surface area contributed by atoms with Crippen molar-refractivity contribution in [3.8, 4) is 5.75 Å². The van der Waals surface area contributed by atoms with Crippen LogP contribution in [0.5, 0.6) is 5.75 Å². The summed E-state index contributed by atoms with van der Waals surface area (Å²) in [6.45, 7) is 0.649. The molecule has 1 aliphatic rings. The Morgan fingerprint density at radius 3 is 2.76 bits per heavy atom. The number of amides is 1. The number of carbonyl (C=O) groups is 2. The van der Waals surface area contributed by atoms with Crippen LogP contribution in [0.1, 0.15) is 12.8 Å². The van der Waals surface area contributed by atoms with Crippen LogP contribution in [0, 0.1) is 5.92 Å². The topological polar surface area (TPSA) is 66.8 Å². The van der Waals surface area contributed by atoms with Crippen molar-refractivity contribution in [1.29, 1.82) is 0 Å². The normalized spacial score (nSPS) is 18.4. The van der Waals surface area contributed by atoms with Crippen LogP contribution in [0.3, 0.4) is 0 Å². The van der Waals surface area contributed by atoms with Crippen LogP contribution in [0.15, 0.2) is 18.2 Å². The number of carbonyl (C=O) groups excluding carboxylic acids is 1. The molecule has 1 fully saturated rings. The van der Waals surface area contributed by atoms with Crippen molar-refractivity contribution in [2.45, 2.75) is 12.8 Å². The summed E-state index contributed by atoms with van der Waals surface area (Å²) in [5, 5.41) is 9.77. The molecular weight excluding hydrogens is 317 g/mol. The zero-order valence-corrected chi connectivity index (χ0v) is 12.7. The summed E-state index contributed by atoms with van der Waals surface area (Å²) in [5.41, 5.74) is 0. The lowest BCUT2D eigenvalue weighted by molar-refractivity contribution is -0.146. The maximum absolute atomic E-state index is 12.0. The van der Waals surface area contributed by atoms with Gasteiger partial charge in [0.15, 0.2) is 6.61 Å². The summed E-state index contributed by atoms with van der Waals surface area (Å²) in [4.78, 5) is 24.5. The molecule has 1 heterocycles. The molecule has 5 nitrogen and oxygen atoms in total. The van der Waals surface area contributed by atoms with Crippen molar-refractivity contribution in [3.05, 3.63) is 28.2 Å². The van der Waals surface area contributed by atoms with Gasteiger partial charge in [0, 0.05) is 19.2 Å². The number of nitrogens with zero attached hydrogens (tertiary/aromatic N) is 1. The smallest absolute Gasteiger partial charge is 0.308 e. The van der Waals surface area contributed by atoms with E-state index in [1.807, 2.05) is 0 Å². The monoisotopic (exact) mass is 331 g/mol. The molecule has 0 radical (unpaired) electrons. The fraction of sp³-hybridized carbons (Fsp3) is 0.429. The van der Waals surface area contributed by atoms with Gasteiger partial charge >= 0.3 is 5.97 Å². The van der Waals surface area contributed by atoms with Crippen LogP contribution in [0.2, 0.25) is 10.0 Å². The molecule has 2 rings (SSSR count). The van der Waals surface area contributed by atoms with Gasteiger partial charge in [-0.3, -0.25) is 9.59 Å². The number of halogens is 2. The van der Waals surface area contributed by atoms with E-state index in [1.165, 1.54) is 11.0 Å². The standard InChI is InChI=1S/C14H15Cl2NO4/c15-11-4-3-10(6-12(11)16)21-8-13(18)17-5-1-2-9(7-17)14(19)20/h3-4,6,9H,1-2,5,7-8H2,(H,19,20)/t9-/m1/s1. The molecule has 0 aromatic heterocycles. The number of piperidine rings is 1. The molecule has 7 heteroatoms. The summed E-state index contributed by atoms with van der Waals surface area (Å²) in [5.74, 6) is -1.14. The molecule has 1 aromatic rings. The highest BCUT2D eigenvalue weighted by Gasteiger charge is 2.28.